The smallest absolute Gasteiger partial charge is 0.244 e. The molecule has 0 heterocycles. The zero-order valence-corrected chi connectivity index (χ0v) is 22.3. The second kappa shape index (κ2) is 12.6. The molecule has 0 aliphatic rings. The molecule has 9 heteroatoms. The van der Waals surface area contributed by atoms with Crippen LogP contribution >= 0.6 is 0 Å². The molecule has 0 radical (unpaired) electrons. The summed E-state index contributed by atoms with van der Waals surface area (Å²) in [4.78, 5) is 27.8. The molecule has 2 aromatic rings. The van der Waals surface area contributed by atoms with E-state index in [1.54, 1.807) is 38.3 Å². The largest absolute Gasteiger partial charge is 0.497 e. The predicted octanol–water partition coefficient (Wildman–Crippen LogP) is 3.41. The van der Waals surface area contributed by atoms with Gasteiger partial charge in [0.2, 0.25) is 21.8 Å². The Kier molecular flexibility index (Phi) is 10.1. The highest BCUT2D eigenvalue weighted by molar-refractivity contribution is 7.92. The maximum Gasteiger partial charge on any atom is 0.244 e. The van der Waals surface area contributed by atoms with Crippen LogP contribution in [0.3, 0.4) is 0 Å². The van der Waals surface area contributed by atoms with Gasteiger partial charge in [-0.3, -0.25) is 13.9 Å². The van der Waals surface area contributed by atoms with Gasteiger partial charge < -0.3 is 15.0 Å². The summed E-state index contributed by atoms with van der Waals surface area (Å²) in [5.74, 6) is -0.0730. The Labute approximate surface area is 209 Å². The van der Waals surface area contributed by atoms with Gasteiger partial charge in [-0.2, -0.15) is 0 Å². The Morgan fingerprint density at radius 3 is 2.17 bits per heavy atom. The first-order chi connectivity index (χ1) is 16.5. The van der Waals surface area contributed by atoms with Crippen molar-refractivity contribution in [2.75, 3.05) is 30.8 Å². The predicted molar refractivity (Wildman–Crippen MR) is 139 cm³/mol. The second-order valence-corrected chi connectivity index (χ2v) is 10.7. The monoisotopic (exact) mass is 503 g/mol. The summed E-state index contributed by atoms with van der Waals surface area (Å²) >= 11 is 0. The Hall–Kier alpha value is -3.07. The SMILES string of the molecule is CCCCNC(=O)[C@H](C)N(Cc1ccc(OC)cc1)C(=O)CN(c1cc(C)cc(C)c1)S(C)(=O)=O. The molecule has 0 saturated heterocycles. The van der Waals surface area contributed by atoms with Gasteiger partial charge in [-0.25, -0.2) is 8.42 Å². The molecule has 2 aromatic carbocycles. The lowest BCUT2D eigenvalue weighted by Gasteiger charge is -2.31. The molecule has 0 aromatic heterocycles. The van der Waals surface area contributed by atoms with Crippen molar-refractivity contribution in [3.63, 3.8) is 0 Å². The summed E-state index contributed by atoms with van der Waals surface area (Å²) in [6.07, 6.45) is 2.84. The number of sulfonamides is 1. The number of carbonyl (C=O) groups excluding carboxylic acids is 2. The highest BCUT2D eigenvalue weighted by Gasteiger charge is 2.30. The molecule has 35 heavy (non-hydrogen) atoms. The lowest BCUT2D eigenvalue weighted by Crippen LogP contribution is -2.51. The summed E-state index contributed by atoms with van der Waals surface area (Å²) in [6.45, 7) is 7.68. The van der Waals surface area contributed by atoms with Gasteiger partial charge in [0.1, 0.15) is 18.3 Å². The van der Waals surface area contributed by atoms with Crippen LogP contribution in [-0.2, 0) is 26.2 Å². The quantitative estimate of drug-likeness (QED) is 0.448. The van der Waals surface area contributed by atoms with E-state index in [4.69, 9.17) is 4.74 Å². The normalized spacial score (nSPS) is 12.1. The number of ether oxygens (including phenoxy) is 1. The van der Waals surface area contributed by atoms with E-state index >= 15 is 0 Å². The van der Waals surface area contributed by atoms with Crippen LogP contribution in [0.1, 0.15) is 43.4 Å². The number of aryl methyl sites for hydroxylation is 2. The Morgan fingerprint density at radius 1 is 1.06 bits per heavy atom. The number of hydrogen-bond donors (Lipinski definition) is 1. The van der Waals surface area contributed by atoms with E-state index in [0.29, 0.717) is 18.0 Å². The third kappa shape index (κ3) is 8.28. The molecule has 0 unspecified atom stereocenters. The molecule has 8 nitrogen and oxygen atoms in total. The Balaban J connectivity index is 2.37. The first-order valence-electron chi connectivity index (χ1n) is 11.7. The fourth-order valence-corrected chi connectivity index (χ4v) is 4.59. The number of hydrogen-bond acceptors (Lipinski definition) is 5. The molecule has 0 saturated carbocycles. The van der Waals surface area contributed by atoms with Crippen LogP contribution < -0.4 is 14.4 Å². The highest BCUT2D eigenvalue weighted by Crippen LogP contribution is 2.22. The van der Waals surface area contributed by atoms with Gasteiger partial charge in [-0.1, -0.05) is 31.5 Å². The maximum absolute atomic E-state index is 13.6. The number of benzene rings is 2. The molecular formula is C26H37N3O5S. The second-order valence-electron chi connectivity index (χ2n) is 8.81. The highest BCUT2D eigenvalue weighted by atomic mass is 32.2. The first kappa shape index (κ1) is 28.2. The van der Waals surface area contributed by atoms with Crippen molar-refractivity contribution in [2.45, 2.75) is 53.1 Å². The van der Waals surface area contributed by atoms with E-state index in [0.717, 1.165) is 40.1 Å². The molecule has 0 aliphatic heterocycles. The number of methoxy groups -OCH3 is 1. The summed E-state index contributed by atoms with van der Waals surface area (Å²) in [5, 5.41) is 2.87. The standard InChI is InChI=1S/C26H37N3O5S/c1-7-8-13-27-26(31)21(4)28(17-22-9-11-24(34-5)12-10-22)25(30)18-29(35(6,32)33)23-15-19(2)14-20(3)16-23/h9-12,14-16,21H,7-8,13,17-18H2,1-6H3,(H,27,31)/t21-/m0/s1. The summed E-state index contributed by atoms with van der Waals surface area (Å²) < 4.78 is 31.7. The number of rotatable bonds is 12. The van der Waals surface area contributed by atoms with E-state index in [-0.39, 0.29) is 12.5 Å². The minimum absolute atomic E-state index is 0.148. The van der Waals surface area contributed by atoms with E-state index in [1.807, 2.05) is 39.0 Å². The van der Waals surface area contributed by atoms with Crippen molar-refractivity contribution in [1.29, 1.82) is 0 Å². The minimum atomic E-state index is -3.76. The molecular weight excluding hydrogens is 466 g/mol. The molecule has 0 fully saturated rings. The number of carbonyl (C=O) groups is 2. The molecule has 0 aliphatic carbocycles. The fraction of sp³-hybridized carbons (Fsp3) is 0.462. The third-order valence-electron chi connectivity index (χ3n) is 5.68. The van der Waals surface area contributed by atoms with Crippen LogP contribution in [0.2, 0.25) is 0 Å². The Bertz CT molecular complexity index is 1100. The number of anilines is 1. The van der Waals surface area contributed by atoms with Gasteiger partial charge in [-0.15, -0.1) is 0 Å². The Morgan fingerprint density at radius 2 is 1.66 bits per heavy atom. The summed E-state index contributed by atoms with van der Waals surface area (Å²) in [7, 11) is -2.19. The third-order valence-corrected chi connectivity index (χ3v) is 6.82. The molecule has 0 bridgehead atoms. The zero-order valence-electron chi connectivity index (χ0n) is 21.5. The van der Waals surface area contributed by atoms with Crippen LogP contribution in [-0.4, -0.2) is 57.6 Å². The molecule has 0 spiro atoms. The molecule has 192 valence electrons. The average Bonchev–Trinajstić information content (AvgIpc) is 2.79. The van der Waals surface area contributed by atoms with Gasteiger partial charge in [0.25, 0.3) is 0 Å². The minimum Gasteiger partial charge on any atom is -0.497 e. The van der Waals surface area contributed by atoms with Gasteiger partial charge in [0.15, 0.2) is 0 Å². The van der Waals surface area contributed by atoms with Gasteiger partial charge >= 0.3 is 0 Å². The lowest BCUT2D eigenvalue weighted by molar-refractivity contribution is -0.139. The number of nitrogens with one attached hydrogen (secondary N) is 1. The van der Waals surface area contributed by atoms with Crippen molar-refractivity contribution < 1.29 is 22.7 Å². The summed E-state index contributed by atoms with van der Waals surface area (Å²) in [6, 6.07) is 11.8. The van der Waals surface area contributed by atoms with Crippen LogP contribution in [0.25, 0.3) is 0 Å². The first-order valence-corrected chi connectivity index (χ1v) is 13.6. The van der Waals surface area contributed by atoms with Crippen LogP contribution in [0.15, 0.2) is 42.5 Å². The van der Waals surface area contributed by atoms with Crippen LogP contribution in [0.5, 0.6) is 5.75 Å². The topological polar surface area (TPSA) is 96.0 Å². The van der Waals surface area contributed by atoms with Crippen molar-refractivity contribution in [1.82, 2.24) is 10.2 Å². The average molecular weight is 504 g/mol. The maximum atomic E-state index is 13.6. The van der Waals surface area contributed by atoms with Crippen molar-refractivity contribution in [2.24, 2.45) is 0 Å². The number of amides is 2. The molecule has 2 rings (SSSR count). The van der Waals surface area contributed by atoms with Crippen LogP contribution in [0.4, 0.5) is 5.69 Å². The van der Waals surface area contributed by atoms with E-state index < -0.39 is 28.5 Å². The lowest BCUT2D eigenvalue weighted by atomic mass is 10.1. The van der Waals surface area contributed by atoms with Gasteiger partial charge in [0.05, 0.1) is 19.1 Å². The molecule has 1 N–H and O–H groups in total. The van der Waals surface area contributed by atoms with Crippen molar-refractivity contribution in [3.05, 3.63) is 59.2 Å². The zero-order chi connectivity index (χ0) is 26.2. The fourth-order valence-electron chi connectivity index (χ4n) is 3.75. The van der Waals surface area contributed by atoms with Crippen LogP contribution in [0, 0.1) is 13.8 Å². The molecule has 2 amide bonds. The van der Waals surface area contributed by atoms with Gasteiger partial charge in [0, 0.05) is 13.1 Å². The number of unbranched alkanes of at least 4 members (excludes halogenated alkanes) is 1. The van der Waals surface area contributed by atoms with E-state index in [2.05, 4.69) is 5.32 Å². The number of nitrogens with zero attached hydrogens (tertiary/aromatic N) is 2. The summed E-state index contributed by atoms with van der Waals surface area (Å²) in [5.41, 5.74) is 2.99. The van der Waals surface area contributed by atoms with Crippen molar-refractivity contribution in [3.8, 4) is 5.75 Å². The van der Waals surface area contributed by atoms with Crippen molar-refractivity contribution >= 4 is 27.5 Å². The van der Waals surface area contributed by atoms with E-state index in [1.165, 1.54) is 4.90 Å². The van der Waals surface area contributed by atoms with Gasteiger partial charge in [-0.05, 0) is 68.1 Å². The molecule has 1 atom stereocenters. The van der Waals surface area contributed by atoms with E-state index in [9.17, 15) is 18.0 Å².